The third kappa shape index (κ3) is 5.12. The van der Waals surface area contributed by atoms with Crippen molar-refractivity contribution in [3.8, 4) is 5.75 Å². The molecule has 2 amide bonds. The Morgan fingerprint density at radius 3 is 2.58 bits per heavy atom. The highest BCUT2D eigenvalue weighted by molar-refractivity contribution is 6.06. The molecule has 3 aromatic rings. The van der Waals surface area contributed by atoms with Crippen molar-refractivity contribution in [3.63, 3.8) is 0 Å². The number of benzene rings is 2. The van der Waals surface area contributed by atoms with E-state index < -0.39 is 24.4 Å². The molecule has 0 aliphatic heterocycles. The third-order valence-corrected chi connectivity index (χ3v) is 4.97. The molecule has 7 nitrogen and oxygen atoms in total. The van der Waals surface area contributed by atoms with Crippen LogP contribution in [0.5, 0.6) is 5.75 Å². The number of hydrogen-bond acceptors (Lipinski definition) is 6. The summed E-state index contributed by atoms with van der Waals surface area (Å²) in [6.45, 7) is 5.67. The number of rotatable bonds is 7. The Bertz CT molecular complexity index is 1130. The second-order valence-corrected chi connectivity index (χ2v) is 7.54. The van der Waals surface area contributed by atoms with Crippen molar-refractivity contribution in [3.05, 3.63) is 64.9 Å². The monoisotopic (exact) mass is 423 g/mol. The molecule has 0 aliphatic rings. The Morgan fingerprint density at radius 1 is 1.13 bits per heavy atom. The number of amides is 2. The first-order valence-corrected chi connectivity index (χ1v) is 9.93. The van der Waals surface area contributed by atoms with E-state index in [1.165, 1.54) is 25.0 Å². The van der Waals surface area contributed by atoms with E-state index in [0.717, 1.165) is 10.9 Å². The van der Waals surface area contributed by atoms with Gasteiger partial charge >= 0.3 is 5.97 Å². The number of furan rings is 1. The minimum Gasteiger partial charge on any atom is -0.496 e. The van der Waals surface area contributed by atoms with Gasteiger partial charge in [-0.2, -0.15) is 0 Å². The number of ether oxygens (including phenoxy) is 2. The zero-order valence-corrected chi connectivity index (χ0v) is 18.0. The van der Waals surface area contributed by atoms with Gasteiger partial charge in [-0.15, -0.1) is 0 Å². The van der Waals surface area contributed by atoms with Crippen molar-refractivity contribution in [2.24, 2.45) is 0 Å². The van der Waals surface area contributed by atoms with Crippen LogP contribution in [0.2, 0.25) is 0 Å². The summed E-state index contributed by atoms with van der Waals surface area (Å²) in [5, 5.41) is 3.04. The molecular weight excluding hydrogens is 398 g/mol. The van der Waals surface area contributed by atoms with Gasteiger partial charge in [0.15, 0.2) is 6.61 Å². The van der Waals surface area contributed by atoms with Crippen LogP contribution in [0.1, 0.15) is 46.8 Å². The molecular formula is C24H25NO6. The Kier molecular flexibility index (Phi) is 6.74. The summed E-state index contributed by atoms with van der Waals surface area (Å²) in [5.74, 6) is -1.26. The van der Waals surface area contributed by atoms with Crippen LogP contribution in [-0.4, -0.2) is 31.5 Å². The van der Waals surface area contributed by atoms with Crippen molar-refractivity contribution in [1.29, 1.82) is 0 Å². The maximum Gasteiger partial charge on any atom is 0.310 e. The Labute approximate surface area is 180 Å². The van der Waals surface area contributed by atoms with Crippen molar-refractivity contribution >= 4 is 28.8 Å². The summed E-state index contributed by atoms with van der Waals surface area (Å²) in [4.78, 5) is 36.5. The first-order chi connectivity index (χ1) is 14.8. The van der Waals surface area contributed by atoms with Gasteiger partial charge < -0.3 is 13.9 Å². The summed E-state index contributed by atoms with van der Waals surface area (Å²) >= 11 is 0. The topological polar surface area (TPSA) is 94.8 Å². The lowest BCUT2D eigenvalue weighted by atomic mass is 9.95. The van der Waals surface area contributed by atoms with E-state index in [1.807, 2.05) is 19.1 Å². The highest BCUT2D eigenvalue weighted by atomic mass is 16.5. The number of esters is 1. The fourth-order valence-electron chi connectivity index (χ4n) is 3.42. The molecule has 0 unspecified atom stereocenters. The quantitative estimate of drug-likeness (QED) is 0.579. The second-order valence-electron chi connectivity index (χ2n) is 7.54. The van der Waals surface area contributed by atoms with E-state index in [4.69, 9.17) is 13.9 Å². The number of carbonyl (C=O) groups excluding carboxylic acids is 3. The normalized spacial score (nSPS) is 10.9. The van der Waals surface area contributed by atoms with Gasteiger partial charge in [-0.25, -0.2) is 0 Å². The molecule has 0 atom stereocenters. The van der Waals surface area contributed by atoms with E-state index in [0.29, 0.717) is 22.8 Å². The van der Waals surface area contributed by atoms with Crippen LogP contribution in [0.15, 0.2) is 47.1 Å². The van der Waals surface area contributed by atoms with Crippen LogP contribution in [-0.2, 0) is 20.7 Å². The molecule has 162 valence electrons. The molecule has 0 saturated heterocycles. The molecule has 31 heavy (non-hydrogen) atoms. The van der Waals surface area contributed by atoms with Gasteiger partial charge in [0.25, 0.3) is 11.8 Å². The lowest BCUT2D eigenvalue weighted by molar-refractivity contribution is -0.147. The molecule has 7 heteroatoms. The van der Waals surface area contributed by atoms with Crippen molar-refractivity contribution in [2.45, 2.75) is 33.1 Å². The fourth-order valence-corrected chi connectivity index (χ4v) is 3.42. The van der Waals surface area contributed by atoms with Crippen LogP contribution in [0, 0.1) is 6.92 Å². The average Bonchev–Trinajstić information content (AvgIpc) is 3.12. The maximum absolute atomic E-state index is 12.3. The zero-order chi connectivity index (χ0) is 22.5. The van der Waals surface area contributed by atoms with Gasteiger partial charge in [-0.3, -0.25) is 19.7 Å². The zero-order valence-electron chi connectivity index (χ0n) is 18.0. The maximum atomic E-state index is 12.3. The number of nitrogens with one attached hydrogen (secondary N) is 1. The standard InChI is InChI=1S/C24H25NO6/c1-14(2)18-11-19-16(12-30-21(19)9-15(18)3)10-23(27)31-13-22(26)25-24(28)17-7-5-6-8-20(17)29-4/h5-9,11-12,14H,10,13H2,1-4H3,(H,25,26,28). The van der Waals surface area contributed by atoms with Crippen LogP contribution in [0.25, 0.3) is 11.0 Å². The van der Waals surface area contributed by atoms with Crippen LogP contribution >= 0.6 is 0 Å². The SMILES string of the molecule is COc1ccccc1C(=O)NC(=O)COC(=O)Cc1coc2cc(C)c(C(C)C)cc12. The second kappa shape index (κ2) is 9.47. The van der Waals surface area contributed by atoms with Gasteiger partial charge in [0.05, 0.1) is 25.4 Å². The molecule has 0 radical (unpaired) electrons. The largest absolute Gasteiger partial charge is 0.496 e. The minimum atomic E-state index is -0.723. The highest BCUT2D eigenvalue weighted by Gasteiger charge is 2.18. The number of para-hydroxylation sites is 1. The summed E-state index contributed by atoms with van der Waals surface area (Å²) in [5.41, 5.74) is 3.91. The fraction of sp³-hybridized carbons (Fsp3) is 0.292. The van der Waals surface area contributed by atoms with Crippen LogP contribution < -0.4 is 10.1 Å². The molecule has 0 aliphatic carbocycles. The molecule has 1 aromatic heterocycles. The Balaban J connectivity index is 1.59. The van der Waals surface area contributed by atoms with E-state index in [2.05, 4.69) is 19.2 Å². The highest BCUT2D eigenvalue weighted by Crippen LogP contribution is 2.29. The number of aryl methyl sites for hydroxylation is 1. The smallest absolute Gasteiger partial charge is 0.310 e. The van der Waals surface area contributed by atoms with Crippen molar-refractivity contribution in [2.75, 3.05) is 13.7 Å². The van der Waals surface area contributed by atoms with Gasteiger partial charge in [0.2, 0.25) is 0 Å². The lowest BCUT2D eigenvalue weighted by Crippen LogP contribution is -2.34. The predicted molar refractivity (Wildman–Crippen MR) is 115 cm³/mol. The van der Waals surface area contributed by atoms with Gasteiger partial charge in [-0.05, 0) is 48.2 Å². The van der Waals surface area contributed by atoms with E-state index in [-0.39, 0.29) is 12.0 Å². The van der Waals surface area contributed by atoms with Crippen LogP contribution in [0.4, 0.5) is 0 Å². The molecule has 0 saturated carbocycles. The van der Waals surface area contributed by atoms with Crippen molar-refractivity contribution in [1.82, 2.24) is 5.32 Å². The summed E-state index contributed by atoms with van der Waals surface area (Å²) in [7, 11) is 1.43. The van der Waals surface area contributed by atoms with E-state index in [1.54, 1.807) is 18.2 Å². The minimum absolute atomic E-state index is 0.0403. The number of methoxy groups -OCH3 is 1. The summed E-state index contributed by atoms with van der Waals surface area (Å²) < 4.78 is 15.7. The summed E-state index contributed by atoms with van der Waals surface area (Å²) in [6, 6.07) is 10.5. The molecule has 1 N–H and O–H groups in total. The molecule has 0 spiro atoms. The summed E-state index contributed by atoms with van der Waals surface area (Å²) in [6.07, 6.45) is 1.49. The third-order valence-electron chi connectivity index (χ3n) is 4.97. The molecule has 2 aromatic carbocycles. The predicted octanol–water partition coefficient (Wildman–Crippen LogP) is 3.92. The van der Waals surface area contributed by atoms with Crippen LogP contribution in [0.3, 0.4) is 0 Å². The van der Waals surface area contributed by atoms with Crippen molar-refractivity contribution < 1.29 is 28.3 Å². The Hall–Kier alpha value is -3.61. The first-order valence-electron chi connectivity index (χ1n) is 9.93. The lowest BCUT2D eigenvalue weighted by Gasteiger charge is -2.10. The van der Waals surface area contributed by atoms with Gasteiger partial charge in [0.1, 0.15) is 11.3 Å². The first kappa shape index (κ1) is 22.1. The number of hydrogen-bond donors (Lipinski definition) is 1. The number of fused-ring (bicyclic) bond motifs is 1. The number of carbonyl (C=O) groups is 3. The van der Waals surface area contributed by atoms with E-state index in [9.17, 15) is 14.4 Å². The van der Waals surface area contributed by atoms with Gasteiger partial charge in [-0.1, -0.05) is 26.0 Å². The Morgan fingerprint density at radius 2 is 1.87 bits per heavy atom. The number of imide groups is 1. The average molecular weight is 423 g/mol. The molecule has 0 fully saturated rings. The molecule has 1 heterocycles. The van der Waals surface area contributed by atoms with E-state index >= 15 is 0 Å². The van der Waals surface area contributed by atoms with Gasteiger partial charge in [0, 0.05) is 10.9 Å². The molecule has 0 bridgehead atoms. The molecule has 3 rings (SSSR count).